The number of benzene rings is 1. The number of amides is 2. The molecule has 2 fully saturated rings. The molecule has 1 saturated heterocycles. The van der Waals surface area contributed by atoms with Gasteiger partial charge in [0.2, 0.25) is 0 Å². The number of pyridine rings is 1. The van der Waals surface area contributed by atoms with Gasteiger partial charge in [0.05, 0.1) is 0 Å². The van der Waals surface area contributed by atoms with Crippen molar-refractivity contribution >= 4 is 17.8 Å². The second-order valence-corrected chi connectivity index (χ2v) is 9.57. The highest BCUT2D eigenvalue weighted by atomic mass is 19.1. The number of hydrogen-bond donors (Lipinski definition) is 1. The zero-order valence-electron chi connectivity index (χ0n) is 20.2. The van der Waals surface area contributed by atoms with Gasteiger partial charge in [0.25, 0.3) is 5.91 Å². The van der Waals surface area contributed by atoms with Crippen molar-refractivity contribution in [2.24, 2.45) is 5.41 Å². The van der Waals surface area contributed by atoms with Crippen LogP contribution in [0.1, 0.15) is 35.5 Å². The average Bonchev–Trinajstić information content (AvgIpc) is 3.54. The predicted molar refractivity (Wildman–Crippen MR) is 130 cm³/mol. The van der Waals surface area contributed by atoms with Crippen LogP contribution in [0.25, 0.3) is 11.1 Å². The van der Waals surface area contributed by atoms with Crippen molar-refractivity contribution in [3.63, 3.8) is 0 Å². The van der Waals surface area contributed by atoms with Crippen molar-refractivity contribution in [1.82, 2.24) is 20.4 Å². The van der Waals surface area contributed by atoms with Crippen molar-refractivity contribution in [2.75, 3.05) is 32.1 Å². The summed E-state index contributed by atoms with van der Waals surface area (Å²) in [5.41, 5.74) is 2.19. The number of aromatic nitrogens is 2. The Morgan fingerprint density at radius 3 is 2.67 bits per heavy atom. The number of nitrogens with one attached hydrogen (secondary N) is 1. The first kappa shape index (κ1) is 23.8. The van der Waals surface area contributed by atoms with Crippen LogP contribution in [-0.4, -0.2) is 60.3 Å². The maximum absolute atomic E-state index is 13.2. The maximum Gasteiger partial charge on any atom is 0.410 e. The van der Waals surface area contributed by atoms with E-state index in [4.69, 9.17) is 9.26 Å². The van der Waals surface area contributed by atoms with Crippen molar-refractivity contribution in [2.45, 2.75) is 31.9 Å². The Morgan fingerprint density at radius 1 is 1.22 bits per heavy atom. The lowest BCUT2D eigenvalue weighted by Crippen LogP contribution is -2.52. The molecule has 0 unspecified atom stereocenters. The molecule has 0 atom stereocenters. The summed E-state index contributed by atoms with van der Waals surface area (Å²) in [7, 11) is 3.25. The summed E-state index contributed by atoms with van der Waals surface area (Å²) in [6.45, 7) is 1.73. The minimum atomic E-state index is -0.430. The zero-order chi connectivity index (χ0) is 25.3. The number of rotatable bonds is 6. The van der Waals surface area contributed by atoms with Gasteiger partial charge < -0.3 is 24.4 Å². The first-order valence-electron chi connectivity index (χ1n) is 11.9. The number of nitrogens with zero attached hydrogens (tertiary/aromatic N) is 4. The lowest BCUT2D eigenvalue weighted by molar-refractivity contribution is 0.0164. The van der Waals surface area contributed by atoms with E-state index >= 15 is 0 Å². The fraction of sp³-hybridized carbons (Fsp3) is 0.385. The van der Waals surface area contributed by atoms with E-state index in [9.17, 15) is 14.0 Å². The lowest BCUT2D eigenvalue weighted by Gasteiger charge is -2.48. The van der Waals surface area contributed by atoms with E-state index in [1.54, 1.807) is 24.1 Å². The van der Waals surface area contributed by atoms with E-state index in [1.165, 1.54) is 25.2 Å². The van der Waals surface area contributed by atoms with Gasteiger partial charge in [-0.05, 0) is 54.5 Å². The molecule has 10 heteroatoms. The number of carbonyl (C=O) groups excluding carboxylic acids is 2. The zero-order valence-corrected chi connectivity index (χ0v) is 20.2. The summed E-state index contributed by atoms with van der Waals surface area (Å²) in [5.74, 6) is 0.620. The molecule has 5 rings (SSSR count). The molecule has 2 aromatic heterocycles. The van der Waals surface area contributed by atoms with Crippen molar-refractivity contribution in [3.05, 3.63) is 65.9 Å². The summed E-state index contributed by atoms with van der Waals surface area (Å²) in [5, 5.41) is 6.12. The second kappa shape index (κ2) is 9.60. The number of carbonyl (C=O) groups is 2. The Hall–Kier alpha value is -3.95. The molecule has 0 radical (unpaired) electrons. The van der Waals surface area contributed by atoms with Crippen molar-refractivity contribution < 1.29 is 23.2 Å². The Labute approximate surface area is 208 Å². The molecule has 1 aromatic carbocycles. The van der Waals surface area contributed by atoms with Crippen LogP contribution >= 0.6 is 0 Å². The van der Waals surface area contributed by atoms with Crippen LogP contribution in [0.4, 0.5) is 15.0 Å². The van der Waals surface area contributed by atoms with Crippen LogP contribution < -0.4 is 10.2 Å². The smallest absolute Gasteiger partial charge is 0.410 e. The highest BCUT2D eigenvalue weighted by Crippen LogP contribution is 2.50. The van der Waals surface area contributed by atoms with E-state index in [2.05, 4.69) is 20.4 Å². The van der Waals surface area contributed by atoms with E-state index in [0.29, 0.717) is 5.76 Å². The van der Waals surface area contributed by atoms with Gasteiger partial charge >= 0.3 is 6.09 Å². The molecule has 36 heavy (non-hydrogen) atoms. The van der Waals surface area contributed by atoms with Crippen LogP contribution in [0.15, 0.2) is 53.2 Å². The topological polar surface area (TPSA) is 101 Å². The Balaban J connectivity index is 1.11. The molecule has 3 heterocycles. The largest absolute Gasteiger partial charge is 0.441 e. The van der Waals surface area contributed by atoms with Crippen LogP contribution in [-0.2, 0) is 11.3 Å². The number of ether oxygens (including phenoxy) is 1. The SMILES string of the molecule is CNC(=O)c1cc(COC(=O)N(C)C2CC3(CCN(c4ccc(-c5ccc(F)cc5)cn4)C3)C2)on1. The highest BCUT2D eigenvalue weighted by Gasteiger charge is 2.50. The summed E-state index contributed by atoms with van der Waals surface area (Å²) >= 11 is 0. The molecule has 2 amide bonds. The standard InChI is InChI=1S/C26H28FN5O4/c1-28-24(33)22-11-21(36-30-22)15-35-25(34)31(2)20-12-26(13-20)9-10-32(16-26)23-8-5-18(14-29-23)17-3-6-19(27)7-4-17/h3-8,11,14,20H,9-10,12-13,15-16H2,1-2H3,(H,28,33). The van der Waals surface area contributed by atoms with Gasteiger partial charge in [-0.2, -0.15) is 0 Å². The third kappa shape index (κ3) is 4.75. The van der Waals surface area contributed by atoms with Crippen molar-refractivity contribution in [3.8, 4) is 11.1 Å². The van der Waals surface area contributed by atoms with Gasteiger partial charge in [-0.15, -0.1) is 0 Å². The van der Waals surface area contributed by atoms with Gasteiger partial charge in [0, 0.05) is 51.1 Å². The van der Waals surface area contributed by atoms with Gasteiger partial charge in [0.1, 0.15) is 11.6 Å². The summed E-state index contributed by atoms with van der Waals surface area (Å²) < 4.78 is 23.6. The Kier molecular flexibility index (Phi) is 6.34. The molecule has 1 saturated carbocycles. The van der Waals surface area contributed by atoms with Gasteiger partial charge in [-0.25, -0.2) is 14.2 Å². The minimum absolute atomic E-state index is 0.0849. The molecule has 0 bridgehead atoms. The van der Waals surface area contributed by atoms with Crippen LogP contribution in [0, 0.1) is 11.2 Å². The number of halogens is 1. The third-order valence-electron chi connectivity index (χ3n) is 7.22. The van der Waals surface area contributed by atoms with Crippen LogP contribution in [0.5, 0.6) is 0 Å². The summed E-state index contributed by atoms with van der Waals surface area (Å²) in [6.07, 6.45) is 4.26. The first-order chi connectivity index (χ1) is 17.4. The molecule has 1 aliphatic carbocycles. The van der Waals surface area contributed by atoms with Gasteiger partial charge in [-0.3, -0.25) is 4.79 Å². The molecule has 1 N–H and O–H groups in total. The average molecular weight is 494 g/mol. The lowest BCUT2D eigenvalue weighted by atomic mass is 9.64. The molecule has 1 aliphatic heterocycles. The Bertz CT molecular complexity index is 1240. The highest BCUT2D eigenvalue weighted by molar-refractivity contribution is 5.91. The third-order valence-corrected chi connectivity index (χ3v) is 7.22. The number of anilines is 1. The minimum Gasteiger partial charge on any atom is -0.441 e. The molecular formula is C26H28FN5O4. The van der Waals surface area contributed by atoms with E-state index in [-0.39, 0.29) is 35.5 Å². The normalized spacial score (nSPS) is 20.8. The fourth-order valence-corrected chi connectivity index (χ4v) is 5.06. The quantitative estimate of drug-likeness (QED) is 0.556. The van der Waals surface area contributed by atoms with Gasteiger partial charge in [-0.1, -0.05) is 17.3 Å². The second-order valence-electron chi connectivity index (χ2n) is 9.57. The van der Waals surface area contributed by atoms with E-state index in [1.807, 2.05) is 18.3 Å². The van der Waals surface area contributed by atoms with E-state index < -0.39 is 6.09 Å². The van der Waals surface area contributed by atoms with Crippen LogP contribution in [0.2, 0.25) is 0 Å². The van der Waals surface area contributed by atoms with E-state index in [0.717, 1.165) is 49.3 Å². The van der Waals surface area contributed by atoms with Crippen molar-refractivity contribution in [1.29, 1.82) is 0 Å². The molecule has 188 valence electrons. The fourth-order valence-electron chi connectivity index (χ4n) is 5.06. The monoisotopic (exact) mass is 493 g/mol. The molecule has 9 nitrogen and oxygen atoms in total. The molecule has 2 aliphatic rings. The Morgan fingerprint density at radius 2 is 1.97 bits per heavy atom. The first-order valence-corrected chi connectivity index (χ1v) is 11.9. The molecule has 3 aromatic rings. The summed E-state index contributed by atoms with van der Waals surface area (Å²) in [4.78, 5) is 32.7. The van der Waals surface area contributed by atoms with Crippen LogP contribution in [0.3, 0.4) is 0 Å². The predicted octanol–water partition coefficient (Wildman–Crippen LogP) is 3.86. The summed E-state index contributed by atoms with van der Waals surface area (Å²) in [6, 6.07) is 12.0. The maximum atomic E-state index is 13.2. The van der Waals surface area contributed by atoms with Gasteiger partial charge in [0.15, 0.2) is 18.1 Å². The molecular weight excluding hydrogens is 465 g/mol. The molecule has 1 spiro atoms. The number of hydrogen-bond acceptors (Lipinski definition) is 7.